The van der Waals surface area contributed by atoms with Gasteiger partial charge in [-0.3, -0.25) is 24.1 Å². The average molecular weight is 599 g/mol. The molecule has 2 N–H and O–H groups in total. The number of aromatic nitrogens is 3. The van der Waals surface area contributed by atoms with Crippen LogP contribution in [0.3, 0.4) is 0 Å². The molecule has 0 aliphatic carbocycles. The summed E-state index contributed by atoms with van der Waals surface area (Å²) in [5.41, 5.74) is 1.55. The molecule has 4 aromatic rings. The predicted molar refractivity (Wildman–Crippen MR) is 165 cm³/mol. The Hall–Kier alpha value is -4.38. The highest BCUT2D eigenvalue weighted by atomic mass is 32.2. The maximum absolute atomic E-state index is 14.2. The third kappa shape index (κ3) is 5.69. The highest BCUT2D eigenvalue weighted by Crippen LogP contribution is 2.34. The van der Waals surface area contributed by atoms with Gasteiger partial charge in [-0.2, -0.15) is 11.8 Å². The van der Waals surface area contributed by atoms with Crippen LogP contribution in [0.5, 0.6) is 0 Å². The van der Waals surface area contributed by atoms with Gasteiger partial charge < -0.3 is 19.8 Å². The van der Waals surface area contributed by atoms with Gasteiger partial charge in [0, 0.05) is 49.1 Å². The van der Waals surface area contributed by atoms with Gasteiger partial charge in [0.1, 0.15) is 12.1 Å². The van der Waals surface area contributed by atoms with Crippen LogP contribution in [0.25, 0.3) is 10.9 Å². The van der Waals surface area contributed by atoms with Crippen LogP contribution in [0.2, 0.25) is 0 Å². The lowest BCUT2D eigenvalue weighted by molar-refractivity contribution is -0.149. The Kier molecular flexibility index (Phi) is 8.33. The molecule has 6 rings (SSSR count). The van der Waals surface area contributed by atoms with Crippen molar-refractivity contribution in [1.29, 1.82) is 0 Å². The van der Waals surface area contributed by atoms with Crippen LogP contribution in [-0.4, -0.2) is 84.6 Å². The van der Waals surface area contributed by atoms with E-state index in [4.69, 9.17) is 0 Å². The quantitative estimate of drug-likeness (QED) is 0.201. The number of nitrogens with zero attached hydrogens (tertiary/aromatic N) is 4. The molecule has 4 heterocycles. The van der Waals surface area contributed by atoms with E-state index in [1.54, 1.807) is 53.5 Å². The number of imidazole rings is 1. The van der Waals surface area contributed by atoms with Gasteiger partial charge in [-0.25, -0.2) is 4.98 Å². The summed E-state index contributed by atoms with van der Waals surface area (Å²) in [4.78, 5) is 64.6. The molecule has 0 atom stereocenters. The molecule has 0 bridgehead atoms. The minimum absolute atomic E-state index is 0.187. The summed E-state index contributed by atoms with van der Waals surface area (Å²) in [6, 6.07) is 14.6. The molecule has 2 aromatic heterocycles. The largest absolute Gasteiger partial charge is 0.361 e. The number of hydrogen-bond acceptors (Lipinski definition) is 6. The van der Waals surface area contributed by atoms with E-state index in [9.17, 15) is 19.2 Å². The van der Waals surface area contributed by atoms with Crippen molar-refractivity contribution < 1.29 is 19.2 Å². The molecule has 0 unspecified atom stereocenters. The van der Waals surface area contributed by atoms with Gasteiger partial charge in [0.2, 0.25) is 11.8 Å². The third-order valence-corrected chi connectivity index (χ3v) is 9.44. The lowest BCUT2D eigenvalue weighted by Gasteiger charge is -2.45. The summed E-state index contributed by atoms with van der Waals surface area (Å²) < 4.78 is 1.96. The fourth-order valence-electron chi connectivity index (χ4n) is 6.13. The first-order valence-electron chi connectivity index (χ1n) is 14.6. The van der Waals surface area contributed by atoms with Crippen LogP contribution in [0.15, 0.2) is 73.4 Å². The maximum atomic E-state index is 14.2. The van der Waals surface area contributed by atoms with Gasteiger partial charge >= 0.3 is 0 Å². The summed E-state index contributed by atoms with van der Waals surface area (Å²) in [7, 11) is 0. The number of rotatable bonds is 11. The predicted octanol–water partition coefficient (Wildman–Crippen LogP) is 3.50. The van der Waals surface area contributed by atoms with Crippen LogP contribution in [0.4, 0.5) is 0 Å². The summed E-state index contributed by atoms with van der Waals surface area (Å²) in [5.74, 6) is -0.105. The topological polar surface area (TPSA) is 120 Å². The molecular formula is C32H34N6O4S. The second-order valence-corrected chi connectivity index (χ2v) is 12.2. The number of aromatic amines is 1. The van der Waals surface area contributed by atoms with E-state index < -0.39 is 29.8 Å². The zero-order chi connectivity index (χ0) is 29.8. The molecule has 4 amide bonds. The van der Waals surface area contributed by atoms with E-state index in [0.717, 1.165) is 32.9 Å². The van der Waals surface area contributed by atoms with Crippen molar-refractivity contribution in [2.45, 2.75) is 37.8 Å². The second-order valence-electron chi connectivity index (χ2n) is 11.0. The Labute approximate surface area is 253 Å². The van der Waals surface area contributed by atoms with E-state index in [0.29, 0.717) is 49.9 Å². The number of thioether (sulfide) groups is 1. The Bertz CT molecular complexity index is 1610. The van der Waals surface area contributed by atoms with Gasteiger partial charge in [0.25, 0.3) is 11.8 Å². The van der Waals surface area contributed by atoms with Gasteiger partial charge in [-0.15, -0.1) is 0 Å². The Morgan fingerprint density at radius 2 is 1.74 bits per heavy atom. The third-order valence-electron chi connectivity index (χ3n) is 8.45. The van der Waals surface area contributed by atoms with Crippen molar-refractivity contribution in [1.82, 2.24) is 29.7 Å². The summed E-state index contributed by atoms with van der Waals surface area (Å²) >= 11 is 1.76. The number of carbonyl (C=O) groups excluding carboxylic acids is 4. The van der Waals surface area contributed by atoms with Gasteiger partial charge in [0.05, 0.1) is 17.5 Å². The highest BCUT2D eigenvalue weighted by Gasteiger charge is 2.48. The molecule has 222 valence electrons. The number of imide groups is 1. The zero-order valence-corrected chi connectivity index (χ0v) is 24.6. The minimum Gasteiger partial charge on any atom is -0.361 e. The van der Waals surface area contributed by atoms with Gasteiger partial charge in [-0.05, 0) is 61.0 Å². The molecular weight excluding hydrogens is 564 g/mol. The molecule has 0 saturated carbocycles. The van der Waals surface area contributed by atoms with Crippen molar-refractivity contribution in [3.05, 3.63) is 90.1 Å². The van der Waals surface area contributed by atoms with E-state index in [1.807, 2.05) is 41.2 Å². The molecule has 10 nitrogen and oxygen atoms in total. The normalized spacial score (nSPS) is 16.0. The fourth-order valence-corrected chi connectivity index (χ4v) is 7.30. The molecule has 2 aromatic carbocycles. The average Bonchev–Trinajstić information content (AvgIpc) is 3.76. The maximum Gasteiger partial charge on any atom is 0.262 e. The number of benzene rings is 2. The number of fused-ring (bicyclic) bond motifs is 2. The van der Waals surface area contributed by atoms with Crippen molar-refractivity contribution >= 4 is 46.3 Å². The number of aryl methyl sites for hydroxylation is 1. The molecule has 0 spiro atoms. The van der Waals surface area contributed by atoms with E-state index in [1.165, 1.54) is 0 Å². The van der Waals surface area contributed by atoms with Gasteiger partial charge in [0.15, 0.2) is 0 Å². The number of nitrogens with one attached hydrogen (secondary N) is 2. The molecule has 2 aliphatic rings. The van der Waals surface area contributed by atoms with Crippen molar-refractivity contribution in [3.63, 3.8) is 0 Å². The first-order chi connectivity index (χ1) is 21.0. The fraction of sp³-hybridized carbons (Fsp3) is 0.344. The van der Waals surface area contributed by atoms with Crippen LogP contribution in [0.1, 0.15) is 45.5 Å². The zero-order valence-electron chi connectivity index (χ0n) is 23.8. The van der Waals surface area contributed by atoms with Gasteiger partial charge in [-0.1, -0.05) is 30.3 Å². The summed E-state index contributed by atoms with van der Waals surface area (Å²) in [6.07, 6.45) is 9.50. The number of para-hydroxylation sites is 1. The van der Waals surface area contributed by atoms with E-state index in [-0.39, 0.29) is 12.5 Å². The van der Waals surface area contributed by atoms with E-state index in [2.05, 4.69) is 15.3 Å². The van der Waals surface area contributed by atoms with Crippen LogP contribution < -0.4 is 5.32 Å². The molecule has 2 aliphatic heterocycles. The Morgan fingerprint density at radius 1 is 1.02 bits per heavy atom. The van der Waals surface area contributed by atoms with Crippen molar-refractivity contribution in [2.24, 2.45) is 0 Å². The lowest BCUT2D eigenvalue weighted by atomic mass is 9.87. The number of amides is 4. The van der Waals surface area contributed by atoms with E-state index >= 15 is 0 Å². The molecule has 1 saturated heterocycles. The summed E-state index contributed by atoms with van der Waals surface area (Å²) in [5, 5.41) is 4.17. The van der Waals surface area contributed by atoms with Crippen LogP contribution in [-0.2, 0) is 22.6 Å². The van der Waals surface area contributed by atoms with Crippen LogP contribution >= 0.6 is 11.8 Å². The highest BCUT2D eigenvalue weighted by molar-refractivity contribution is 7.99. The smallest absolute Gasteiger partial charge is 0.262 e. The summed E-state index contributed by atoms with van der Waals surface area (Å²) in [6.45, 7) is 1.03. The molecule has 1 fully saturated rings. The van der Waals surface area contributed by atoms with Crippen molar-refractivity contribution in [2.75, 3.05) is 31.1 Å². The minimum atomic E-state index is -1.08. The molecule has 0 radical (unpaired) electrons. The first kappa shape index (κ1) is 28.7. The molecule has 11 heteroatoms. The van der Waals surface area contributed by atoms with Crippen LogP contribution in [0, 0.1) is 0 Å². The molecule has 43 heavy (non-hydrogen) atoms. The Balaban J connectivity index is 1.26. The second kappa shape index (κ2) is 12.5. The standard InChI is InChI=1S/C32H34N6O4S/c39-28(21-37-29(40)25-7-1-2-8-26(25)30(37)41)38(16-10-23-20-35-27-9-4-3-6-24(23)27)32(11-18-43-19-12-32)31(42)34-13-5-15-36-17-14-33-22-36/h1-4,6-9,14,17,20,22,35H,5,10-13,15-16,18-19,21H2,(H,34,42). The SMILES string of the molecule is O=C1c2ccccc2C(=O)N1CC(=O)N(CCc1c[nH]c2ccccc12)C1(C(=O)NCCCn2ccnc2)CCSCC1. The number of carbonyl (C=O) groups is 4. The monoisotopic (exact) mass is 598 g/mol. The number of hydrogen-bond donors (Lipinski definition) is 2. The first-order valence-corrected chi connectivity index (χ1v) is 15.8. The number of H-pyrrole nitrogens is 1. The lowest BCUT2D eigenvalue weighted by Crippen LogP contribution is -2.64. The van der Waals surface area contributed by atoms with Crippen molar-refractivity contribution in [3.8, 4) is 0 Å². The Morgan fingerprint density at radius 3 is 2.47 bits per heavy atom.